The maximum atomic E-state index is 12.5. The first-order chi connectivity index (χ1) is 14.3. The van der Waals surface area contributed by atoms with E-state index in [9.17, 15) is 14.9 Å². The van der Waals surface area contributed by atoms with Gasteiger partial charge in [0.2, 0.25) is 10.9 Å². The third-order valence-electron chi connectivity index (χ3n) is 3.92. The molecule has 0 aliphatic rings. The lowest BCUT2D eigenvalue weighted by Gasteiger charge is -2.12. The van der Waals surface area contributed by atoms with E-state index in [0.717, 1.165) is 5.01 Å². The average Bonchev–Trinajstić information content (AvgIpc) is 3.18. The number of rotatable bonds is 7. The molecule has 0 saturated carbocycles. The SMILES string of the molecule is COc1cc(C(=O)Nc2nnc(C(C)C)s2)ccc1Oc1ccc(Cl)cc1[N+](=O)[O-]. The topological polar surface area (TPSA) is 116 Å². The highest BCUT2D eigenvalue weighted by Crippen LogP contribution is 2.38. The van der Waals surface area contributed by atoms with Gasteiger partial charge < -0.3 is 9.47 Å². The van der Waals surface area contributed by atoms with E-state index in [1.807, 2.05) is 13.8 Å². The van der Waals surface area contributed by atoms with Gasteiger partial charge in [0.1, 0.15) is 5.01 Å². The number of benzene rings is 2. The molecule has 0 fully saturated rings. The predicted molar refractivity (Wildman–Crippen MR) is 113 cm³/mol. The number of hydrogen-bond donors (Lipinski definition) is 1. The summed E-state index contributed by atoms with van der Waals surface area (Å²) in [6, 6.07) is 8.54. The number of halogens is 1. The summed E-state index contributed by atoms with van der Waals surface area (Å²) in [6.07, 6.45) is 0. The molecule has 0 atom stereocenters. The van der Waals surface area contributed by atoms with Gasteiger partial charge in [-0.05, 0) is 30.3 Å². The van der Waals surface area contributed by atoms with E-state index in [0.29, 0.717) is 10.7 Å². The fraction of sp³-hybridized carbons (Fsp3) is 0.211. The Hall–Kier alpha value is -3.24. The maximum absolute atomic E-state index is 12.5. The van der Waals surface area contributed by atoms with Gasteiger partial charge in [0.25, 0.3) is 5.91 Å². The van der Waals surface area contributed by atoms with Gasteiger partial charge in [-0.2, -0.15) is 0 Å². The van der Waals surface area contributed by atoms with Crippen LogP contribution in [0.1, 0.15) is 35.1 Å². The molecule has 11 heteroatoms. The average molecular weight is 449 g/mol. The first-order valence-electron chi connectivity index (χ1n) is 8.73. The van der Waals surface area contributed by atoms with Crippen LogP contribution in [0.2, 0.25) is 5.02 Å². The van der Waals surface area contributed by atoms with Crippen LogP contribution in [0.4, 0.5) is 10.8 Å². The fourth-order valence-electron chi connectivity index (χ4n) is 2.42. The van der Waals surface area contributed by atoms with E-state index >= 15 is 0 Å². The van der Waals surface area contributed by atoms with Gasteiger partial charge in [-0.15, -0.1) is 10.2 Å². The normalized spacial score (nSPS) is 10.7. The van der Waals surface area contributed by atoms with Crippen molar-refractivity contribution in [3.05, 3.63) is 62.1 Å². The van der Waals surface area contributed by atoms with Crippen LogP contribution in [0, 0.1) is 10.1 Å². The molecule has 1 N–H and O–H groups in total. The predicted octanol–water partition coefficient (Wildman–Crippen LogP) is 5.28. The molecule has 0 aliphatic carbocycles. The summed E-state index contributed by atoms with van der Waals surface area (Å²) in [5, 5.41) is 23.3. The summed E-state index contributed by atoms with van der Waals surface area (Å²) >= 11 is 7.12. The number of carbonyl (C=O) groups excluding carboxylic acids is 1. The molecule has 1 aromatic heterocycles. The standard InChI is InChI=1S/C19H17ClN4O5S/c1-10(2)18-22-23-19(30-18)21-17(25)11-4-6-15(16(8-11)28-3)29-14-7-5-12(20)9-13(14)24(26)27/h4-10H,1-3H3,(H,21,23,25). The lowest BCUT2D eigenvalue weighted by molar-refractivity contribution is -0.385. The smallest absolute Gasteiger partial charge is 0.313 e. The van der Waals surface area contributed by atoms with Gasteiger partial charge in [-0.25, -0.2) is 0 Å². The van der Waals surface area contributed by atoms with E-state index in [1.165, 1.54) is 54.8 Å². The van der Waals surface area contributed by atoms with Gasteiger partial charge in [-0.1, -0.05) is 36.8 Å². The fourth-order valence-corrected chi connectivity index (χ4v) is 3.33. The molecule has 156 valence electrons. The second-order valence-corrected chi connectivity index (χ2v) is 7.84. The van der Waals surface area contributed by atoms with E-state index in [4.69, 9.17) is 21.1 Å². The Morgan fingerprint density at radius 1 is 1.17 bits per heavy atom. The second-order valence-electron chi connectivity index (χ2n) is 6.39. The Morgan fingerprint density at radius 3 is 2.53 bits per heavy atom. The van der Waals surface area contributed by atoms with Crippen LogP contribution >= 0.6 is 22.9 Å². The zero-order valence-corrected chi connectivity index (χ0v) is 17.8. The molecule has 0 radical (unpaired) electrons. The summed E-state index contributed by atoms with van der Waals surface area (Å²) in [7, 11) is 1.40. The molecule has 3 aromatic rings. The first kappa shape index (κ1) is 21.5. The van der Waals surface area contributed by atoms with E-state index in [-0.39, 0.29) is 33.9 Å². The Kier molecular flexibility index (Phi) is 6.48. The third kappa shape index (κ3) is 4.84. The van der Waals surface area contributed by atoms with Crippen LogP contribution in [0.3, 0.4) is 0 Å². The number of hydrogen-bond acceptors (Lipinski definition) is 8. The zero-order valence-electron chi connectivity index (χ0n) is 16.2. The van der Waals surface area contributed by atoms with Crippen molar-refractivity contribution in [3.63, 3.8) is 0 Å². The van der Waals surface area contributed by atoms with Gasteiger partial charge >= 0.3 is 5.69 Å². The van der Waals surface area contributed by atoms with Crippen molar-refractivity contribution >= 4 is 39.7 Å². The number of anilines is 1. The number of amides is 1. The van der Waals surface area contributed by atoms with Crippen LogP contribution in [-0.4, -0.2) is 28.1 Å². The lowest BCUT2D eigenvalue weighted by Crippen LogP contribution is -2.12. The summed E-state index contributed by atoms with van der Waals surface area (Å²) in [5.41, 5.74) is 0.00898. The molecule has 30 heavy (non-hydrogen) atoms. The molecular weight excluding hydrogens is 432 g/mol. The summed E-state index contributed by atoms with van der Waals surface area (Å²) in [5.74, 6) is 0.241. The highest BCUT2D eigenvalue weighted by Gasteiger charge is 2.19. The Balaban J connectivity index is 1.83. The van der Waals surface area contributed by atoms with Crippen molar-refractivity contribution in [1.29, 1.82) is 0 Å². The lowest BCUT2D eigenvalue weighted by atomic mass is 10.2. The van der Waals surface area contributed by atoms with Crippen molar-refractivity contribution < 1.29 is 19.2 Å². The Morgan fingerprint density at radius 2 is 1.90 bits per heavy atom. The van der Waals surface area contributed by atoms with Gasteiger partial charge in [0.15, 0.2) is 11.5 Å². The minimum atomic E-state index is -0.594. The van der Waals surface area contributed by atoms with Crippen molar-refractivity contribution in [3.8, 4) is 17.2 Å². The van der Waals surface area contributed by atoms with E-state index < -0.39 is 10.8 Å². The second kappa shape index (κ2) is 9.06. The number of nitrogens with one attached hydrogen (secondary N) is 1. The number of nitro benzene ring substituents is 1. The minimum Gasteiger partial charge on any atom is -0.493 e. The molecule has 0 bridgehead atoms. The molecule has 1 heterocycles. The van der Waals surface area contributed by atoms with Crippen LogP contribution in [-0.2, 0) is 0 Å². The minimum absolute atomic E-state index is 0.00465. The molecule has 0 spiro atoms. The molecule has 2 aromatic carbocycles. The monoisotopic (exact) mass is 448 g/mol. The van der Waals surface area contributed by atoms with Gasteiger partial charge in [0.05, 0.1) is 12.0 Å². The molecule has 9 nitrogen and oxygen atoms in total. The van der Waals surface area contributed by atoms with Crippen molar-refractivity contribution in [2.24, 2.45) is 0 Å². The van der Waals surface area contributed by atoms with Gasteiger partial charge in [-0.3, -0.25) is 20.2 Å². The number of methoxy groups -OCH3 is 1. The summed E-state index contributed by atoms with van der Waals surface area (Å²) < 4.78 is 10.9. The van der Waals surface area contributed by atoms with Crippen molar-refractivity contribution in [2.45, 2.75) is 19.8 Å². The molecular formula is C19H17ClN4O5S. The number of ether oxygens (including phenoxy) is 2. The van der Waals surface area contributed by atoms with Crippen LogP contribution in [0.15, 0.2) is 36.4 Å². The molecule has 0 saturated heterocycles. The molecule has 0 aliphatic heterocycles. The first-order valence-corrected chi connectivity index (χ1v) is 9.92. The van der Waals surface area contributed by atoms with Crippen molar-refractivity contribution in [2.75, 3.05) is 12.4 Å². The summed E-state index contributed by atoms with van der Waals surface area (Å²) in [6.45, 7) is 3.97. The Bertz CT molecular complexity index is 1100. The van der Waals surface area contributed by atoms with Crippen LogP contribution in [0.5, 0.6) is 17.2 Å². The zero-order chi connectivity index (χ0) is 21.8. The summed E-state index contributed by atoms with van der Waals surface area (Å²) in [4.78, 5) is 23.2. The highest BCUT2D eigenvalue weighted by atomic mass is 35.5. The number of carbonyl (C=O) groups is 1. The van der Waals surface area contributed by atoms with Crippen LogP contribution in [0.25, 0.3) is 0 Å². The van der Waals surface area contributed by atoms with E-state index in [1.54, 1.807) is 0 Å². The number of nitrogens with zero attached hydrogens (tertiary/aromatic N) is 3. The Labute approximate surface area is 180 Å². The third-order valence-corrected chi connectivity index (χ3v) is 5.29. The molecule has 3 rings (SSSR count). The quantitative estimate of drug-likeness (QED) is 0.386. The largest absolute Gasteiger partial charge is 0.493 e. The number of nitro groups is 1. The van der Waals surface area contributed by atoms with E-state index in [2.05, 4.69) is 15.5 Å². The van der Waals surface area contributed by atoms with Gasteiger partial charge in [0, 0.05) is 22.6 Å². The van der Waals surface area contributed by atoms with Crippen molar-refractivity contribution in [1.82, 2.24) is 10.2 Å². The maximum Gasteiger partial charge on any atom is 0.313 e. The van der Waals surface area contributed by atoms with Crippen LogP contribution < -0.4 is 14.8 Å². The molecule has 0 unspecified atom stereocenters. The number of aromatic nitrogens is 2. The molecule has 1 amide bonds. The highest BCUT2D eigenvalue weighted by molar-refractivity contribution is 7.15.